The van der Waals surface area contributed by atoms with Gasteiger partial charge in [-0.25, -0.2) is 0 Å². The van der Waals surface area contributed by atoms with Crippen LogP contribution in [0.25, 0.3) is 0 Å². The van der Waals surface area contributed by atoms with Crippen molar-refractivity contribution in [2.45, 2.75) is 186 Å². The SMILES string of the molecule is CC[C@H](C)COc1cc(O)c2cc1C(CC(C)C)c1cc(c(OC[C@@H](C)CC)cc1O)C(CC(C)C)c1cc(c(OC[C@@H](C)CC)cc1O)C(CC(C)C)c1cc(c(OC[C@@H](C)CC)cc1O)C2CC(C)C. The number of phenolic OH excluding ortho intramolecular Hbond substituents is 4. The second kappa shape index (κ2) is 26.5. The predicted octanol–water partition coefficient (Wildman–Crippen LogP) is 17.2. The number of benzene rings is 4. The largest absolute Gasteiger partial charge is 0.508 e. The number of fused-ring (bicyclic) bond motifs is 8. The van der Waals surface area contributed by atoms with Crippen molar-refractivity contribution in [1.29, 1.82) is 0 Å². The van der Waals surface area contributed by atoms with Gasteiger partial charge in [-0.05, 0) is 97.3 Å². The van der Waals surface area contributed by atoms with Crippen LogP contribution in [0.5, 0.6) is 46.0 Å². The Labute approximate surface area is 436 Å². The first-order chi connectivity index (χ1) is 34.1. The van der Waals surface area contributed by atoms with Gasteiger partial charge in [0.1, 0.15) is 46.0 Å². The maximum absolute atomic E-state index is 12.6. The highest BCUT2D eigenvalue weighted by Gasteiger charge is 2.35. The molecule has 0 aromatic heterocycles. The maximum Gasteiger partial charge on any atom is 0.126 e. The molecule has 72 heavy (non-hydrogen) atoms. The van der Waals surface area contributed by atoms with E-state index in [-0.39, 0.29) is 94.0 Å². The van der Waals surface area contributed by atoms with Gasteiger partial charge < -0.3 is 39.4 Å². The first-order valence-electron chi connectivity index (χ1n) is 28.1. The Morgan fingerprint density at radius 2 is 0.486 bits per heavy atom. The molecule has 8 heteroatoms. The molecule has 0 saturated heterocycles. The van der Waals surface area contributed by atoms with Crippen LogP contribution < -0.4 is 18.9 Å². The van der Waals surface area contributed by atoms with Crippen LogP contribution in [0, 0.1) is 47.3 Å². The summed E-state index contributed by atoms with van der Waals surface area (Å²) >= 11 is 0. The van der Waals surface area contributed by atoms with Crippen molar-refractivity contribution in [2.75, 3.05) is 26.4 Å². The summed E-state index contributed by atoms with van der Waals surface area (Å²) in [6, 6.07) is 15.8. The van der Waals surface area contributed by atoms with Gasteiger partial charge in [0.25, 0.3) is 0 Å². The minimum absolute atomic E-state index is 0.133. The van der Waals surface area contributed by atoms with Gasteiger partial charge in [-0.1, -0.05) is 136 Å². The van der Waals surface area contributed by atoms with Crippen LogP contribution in [-0.4, -0.2) is 46.9 Å². The Balaban J connectivity index is 2.08. The molecule has 0 amide bonds. The van der Waals surface area contributed by atoms with E-state index in [1.54, 1.807) is 0 Å². The average Bonchev–Trinajstić information content (AvgIpc) is 3.32. The highest BCUT2D eigenvalue weighted by atomic mass is 16.5. The van der Waals surface area contributed by atoms with E-state index < -0.39 is 0 Å². The molecule has 0 saturated carbocycles. The Bertz CT molecular complexity index is 2020. The highest BCUT2D eigenvalue weighted by Crippen LogP contribution is 2.54. The number of ether oxygens (including phenoxy) is 4. The smallest absolute Gasteiger partial charge is 0.126 e. The lowest BCUT2D eigenvalue weighted by Crippen LogP contribution is -2.17. The van der Waals surface area contributed by atoms with E-state index in [2.05, 4.69) is 135 Å². The van der Waals surface area contributed by atoms with E-state index in [9.17, 15) is 20.4 Å². The molecule has 8 atom stereocenters. The zero-order valence-corrected chi connectivity index (χ0v) is 47.5. The summed E-state index contributed by atoms with van der Waals surface area (Å²) < 4.78 is 27.2. The van der Waals surface area contributed by atoms with Gasteiger partial charge in [-0.3, -0.25) is 0 Å². The number of hydrogen-bond donors (Lipinski definition) is 4. The molecule has 0 fully saturated rings. The number of rotatable bonds is 24. The molecule has 4 aromatic carbocycles. The van der Waals surface area contributed by atoms with Crippen molar-refractivity contribution in [3.8, 4) is 46.0 Å². The third-order valence-electron chi connectivity index (χ3n) is 15.3. The van der Waals surface area contributed by atoms with Gasteiger partial charge in [-0.2, -0.15) is 0 Å². The molecule has 0 heterocycles. The molecule has 0 spiro atoms. The molecule has 8 nitrogen and oxygen atoms in total. The van der Waals surface area contributed by atoms with Gasteiger partial charge in [0, 0.05) is 92.4 Å². The Morgan fingerprint density at radius 3 is 0.639 bits per heavy atom. The molecule has 400 valence electrons. The average molecular weight is 993 g/mol. The fourth-order valence-corrected chi connectivity index (χ4v) is 10.1. The number of hydrogen-bond acceptors (Lipinski definition) is 8. The van der Waals surface area contributed by atoms with E-state index in [0.29, 0.717) is 75.1 Å². The lowest BCUT2D eigenvalue weighted by Gasteiger charge is -2.32. The lowest BCUT2D eigenvalue weighted by atomic mass is 9.75. The zero-order valence-electron chi connectivity index (χ0n) is 47.5. The van der Waals surface area contributed by atoms with Crippen molar-refractivity contribution < 1.29 is 39.4 Å². The van der Waals surface area contributed by atoms with Crippen LogP contribution in [0.15, 0.2) is 48.5 Å². The highest BCUT2D eigenvalue weighted by molar-refractivity contribution is 5.63. The van der Waals surface area contributed by atoms with Crippen LogP contribution in [0.1, 0.15) is 230 Å². The summed E-state index contributed by atoms with van der Waals surface area (Å²) in [6.45, 7) is 36.9. The zero-order chi connectivity index (χ0) is 53.1. The van der Waals surface area contributed by atoms with E-state index in [4.69, 9.17) is 18.9 Å². The van der Waals surface area contributed by atoms with Crippen molar-refractivity contribution in [1.82, 2.24) is 0 Å². The summed E-state index contributed by atoms with van der Waals surface area (Å²) in [5.74, 6) is 3.34. The van der Waals surface area contributed by atoms with Crippen LogP contribution >= 0.6 is 0 Å². The predicted molar refractivity (Wildman–Crippen MR) is 297 cm³/mol. The second-order valence-corrected chi connectivity index (χ2v) is 23.8. The molecular weight excluding hydrogens is 897 g/mol. The Kier molecular flexibility index (Phi) is 21.4. The summed E-state index contributed by atoms with van der Waals surface area (Å²) in [5, 5.41) is 50.4. The fourth-order valence-electron chi connectivity index (χ4n) is 10.1. The standard InChI is InChI=1S/C64H96O8/c1-17-41(13)33-69-61-29-57(65)49-25-53(61)45(21-37(5)6)50-26-54(62(30-58(50)66)70-34-42(14)18-2)47(23-39(9)10)52-28-56(64(32-60(52)68)72-36-44(16)20-4)48(24-40(11)12)51-27-55(46(49)22-38(7)8)63(31-59(51)67)71-35-43(15)19-3/h25-32,37-48,65-68H,17-24,33-36H2,1-16H3/t41-,42-,43-,44-,45?,46?,47?,48?/m0/s1. The number of phenols is 4. The first-order valence-corrected chi connectivity index (χ1v) is 28.1. The molecular formula is C64H96O8. The molecule has 0 radical (unpaired) electrons. The fraction of sp³-hybridized carbons (Fsp3) is 0.625. The Morgan fingerprint density at radius 1 is 0.306 bits per heavy atom. The number of aromatic hydroxyl groups is 4. The normalized spacial score (nSPS) is 18.6. The van der Waals surface area contributed by atoms with Crippen molar-refractivity contribution in [3.05, 3.63) is 93.0 Å². The van der Waals surface area contributed by atoms with Gasteiger partial charge in [0.2, 0.25) is 0 Å². The Hall–Kier alpha value is -4.72. The van der Waals surface area contributed by atoms with E-state index >= 15 is 0 Å². The summed E-state index contributed by atoms with van der Waals surface area (Å²) in [6.07, 6.45) is 6.44. The molecule has 4 N–H and O–H groups in total. The first kappa shape index (κ1) is 58.2. The topological polar surface area (TPSA) is 118 Å². The molecule has 4 aromatic rings. The summed E-state index contributed by atoms with van der Waals surface area (Å²) in [7, 11) is 0. The van der Waals surface area contributed by atoms with Crippen LogP contribution in [0.3, 0.4) is 0 Å². The van der Waals surface area contributed by atoms with Gasteiger partial charge >= 0.3 is 0 Å². The summed E-state index contributed by atoms with van der Waals surface area (Å²) in [4.78, 5) is 0. The third kappa shape index (κ3) is 14.7. The van der Waals surface area contributed by atoms with Gasteiger partial charge in [0.15, 0.2) is 0 Å². The quantitative estimate of drug-likeness (QED) is 0.0548. The summed E-state index contributed by atoms with van der Waals surface area (Å²) in [5.41, 5.74) is 6.55. The molecule has 5 rings (SSSR count). The molecule has 4 unspecified atom stereocenters. The minimum Gasteiger partial charge on any atom is -0.508 e. The van der Waals surface area contributed by atoms with Gasteiger partial charge in [-0.15, -0.1) is 0 Å². The van der Waals surface area contributed by atoms with Crippen LogP contribution in [0.2, 0.25) is 0 Å². The van der Waals surface area contributed by atoms with E-state index in [1.807, 2.05) is 24.3 Å². The monoisotopic (exact) mass is 993 g/mol. The molecule has 1 aliphatic rings. The molecule has 1 aliphatic carbocycles. The van der Waals surface area contributed by atoms with Gasteiger partial charge in [0.05, 0.1) is 26.4 Å². The van der Waals surface area contributed by atoms with Crippen molar-refractivity contribution in [2.24, 2.45) is 47.3 Å². The van der Waals surface area contributed by atoms with Crippen molar-refractivity contribution >= 4 is 0 Å². The molecule has 8 bridgehead atoms. The molecule has 0 aliphatic heterocycles. The van der Waals surface area contributed by atoms with Crippen molar-refractivity contribution in [3.63, 3.8) is 0 Å². The third-order valence-corrected chi connectivity index (χ3v) is 15.3. The van der Waals surface area contributed by atoms with Crippen LogP contribution in [-0.2, 0) is 0 Å². The van der Waals surface area contributed by atoms with Crippen LogP contribution in [0.4, 0.5) is 0 Å². The van der Waals surface area contributed by atoms with E-state index in [1.165, 1.54) is 0 Å². The lowest BCUT2D eigenvalue weighted by molar-refractivity contribution is 0.250. The second-order valence-electron chi connectivity index (χ2n) is 23.8. The van der Waals surface area contributed by atoms with E-state index in [0.717, 1.165) is 70.2 Å². The maximum atomic E-state index is 12.6. The minimum atomic E-state index is -0.363.